The summed E-state index contributed by atoms with van der Waals surface area (Å²) in [6.45, 7) is 3.92. The molecule has 28 heavy (non-hydrogen) atoms. The van der Waals surface area contributed by atoms with Crippen molar-refractivity contribution in [2.45, 2.75) is 25.8 Å². The molecule has 0 saturated carbocycles. The number of piperidine rings is 1. The molecule has 1 aliphatic rings. The minimum Gasteiger partial charge on any atom is -0.494 e. The topological polar surface area (TPSA) is 73.1 Å². The fourth-order valence-corrected chi connectivity index (χ4v) is 3.50. The second-order valence-corrected chi connectivity index (χ2v) is 6.81. The molecule has 0 atom stereocenters. The van der Waals surface area contributed by atoms with Crippen LogP contribution in [-0.4, -0.2) is 50.5 Å². The summed E-state index contributed by atoms with van der Waals surface area (Å²) in [5, 5.41) is 8.56. The number of ether oxygens (including phenoxy) is 1. The van der Waals surface area contributed by atoms with Crippen molar-refractivity contribution in [2.75, 3.05) is 19.7 Å². The summed E-state index contributed by atoms with van der Waals surface area (Å²) in [6, 6.07) is 11.5. The standard InChI is InChI=1S/C21H23N5O2/c1-2-28-19-7-3-5-16(13-19)21(27)25-11-8-18(9-12-25)26-15-20(23-24-26)17-6-4-10-22-14-17/h3-7,10,13-15,18H,2,8-9,11-12H2,1H3. The van der Waals surface area contributed by atoms with Crippen LogP contribution >= 0.6 is 0 Å². The van der Waals surface area contributed by atoms with Gasteiger partial charge < -0.3 is 9.64 Å². The van der Waals surface area contributed by atoms with Gasteiger partial charge in [-0.2, -0.15) is 0 Å². The first kappa shape index (κ1) is 18.2. The highest BCUT2D eigenvalue weighted by Crippen LogP contribution is 2.25. The van der Waals surface area contributed by atoms with Gasteiger partial charge in [-0.3, -0.25) is 9.78 Å². The van der Waals surface area contributed by atoms with Gasteiger partial charge in [-0.1, -0.05) is 11.3 Å². The Morgan fingerprint density at radius 2 is 2.07 bits per heavy atom. The van der Waals surface area contributed by atoms with Gasteiger partial charge in [-0.25, -0.2) is 4.68 Å². The van der Waals surface area contributed by atoms with Crippen molar-refractivity contribution in [3.8, 4) is 17.0 Å². The number of benzene rings is 1. The molecule has 0 bridgehead atoms. The van der Waals surface area contributed by atoms with Crippen molar-refractivity contribution >= 4 is 5.91 Å². The van der Waals surface area contributed by atoms with Crippen LogP contribution in [0.15, 0.2) is 55.0 Å². The van der Waals surface area contributed by atoms with Gasteiger partial charge in [0.25, 0.3) is 5.91 Å². The number of aromatic nitrogens is 4. The van der Waals surface area contributed by atoms with Gasteiger partial charge in [-0.05, 0) is 50.1 Å². The Bertz CT molecular complexity index is 933. The number of carbonyl (C=O) groups is 1. The van der Waals surface area contributed by atoms with Crippen molar-refractivity contribution in [2.24, 2.45) is 0 Å². The molecule has 1 amide bonds. The molecule has 3 aromatic rings. The first-order valence-electron chi connectivity index (χ1n) is 9.59. The molecule has 0 unspecified atom stereocenters. The van der Waals surface area contributed by atoms with E-state index in [1.165, 1.54) is 0 Å². The summed E-state index contributed by atoms with van der Waals surface area (Å²) in [4.78, 5) is 18.8. The summed E-state index contributed by atoms with van der Waals surface area (Å²) in [5.41, 5.74) is 2.44. The van der Waals surface area contributed by atoms with Crippen molar-refractivity contribution < 1.29 is 9.53 Å². The normalized spacial score (nSPS) is 14.8. The molecule has 1 saturated heterocycles. The molecule has 7 nitrogen and oxygen atoms in total. The second kappa shape index (κ2) is 8.21. The van der Waals surface area contributed by atoms with Crippen LogP contribution < -0.4 is 4.74 Å². The van der Waals surface area contributed by atoms with Gasteiger partial charge in [-0.15, -0.1) is 5.10 Å². The van der Waals surface area contributed by atoms with Crippen LogP contribution in [0.4, 0.5) is 0 Å². The Balaban J connectivity index is 1.39. The molecule has 0 N–H and O–H groups in total. The Morgan fingerprint density at radius 1 is 1.21 bits per heavy atom. The van der Waals surface area contributed by atoms with E-state index in [0.29, 0.717) is 25.3 Å². The minimum atomic E-state index is 0.0506. The summed E-state index contributed by atoms with van der Waals surface area (Å²) < 4.78 is 7.42. The highest BCUT2D eigenvalue weighted by atomic mass is 16.5. The van der Waals surface area contributed by atoms with Crippen LogP contribution in [0.1, 0.15) is 36.2 Å². The fourth-order valence-electron chi connectivity index (χ4n) is 3.50. The quantitative estimate of drug-likeness (QED) is 0.683. The third-order valence-corrected chi connectivity index (χ3v) is 4.99. The zero-order valence-corrected chi connectivity index (χ0v) is 15.9. The number of carbonyl (C=O) groups excluding carboxylic acids is 1. The second-order valence-electron chi connectivity index (χ2n) is 6.81. The van der Waals surface area contributed by atoms with Crippen molar-refractivity contribution in [3.63, 3.8) is 0 Å². The van der Waals surface area contributed by atoms with E-state index in [0.717, 1.165) is 29.8 Å². The van der Waals surface area contributed by atoms with Crippen LogP contribution in [0, 0.1) is 0 Å². The monoisotopic (exact) mass is 377 g/mol. The number of likely N-dealkylation sites (tertiary alicyclic amines) is 1. The van der Waals surface area contributed by atoms with Gasteiger partial charge in [0, 0.05) is 36.6 Å². The van der Waals surface area contributed by atoms with Crippen molar-refractivity contribution in [1.82, 2.24) is 24.9 Å². The highest BCUT2D eigenvalue weighted by molar-refractivity contribution is 5.94. The largest absolute Gasteiger partial charge is 0.494 e. The number of pyridine rings is 1. The summed E-state index contributed by atoms with van der Waals surface area (Å²) in [6.07, 6.45) is 7.20. The van der Waals surface area contributed by atoms with Gasteiger partial charge >= 0.3 is 0 Å². The van der Waals surface area contributed by atoms with Gasteiger partial charge in [0.2, 0.25) is 0 Å². The Morgan fingerprint density at radius 3 is 2.82 bits per heavy atom. The maximum Gasteiger partial charge on any atom is 0.253 e. The van der Waals surface area contributed by atoms with E-state index >= 15 is 0 Å². The maximum absolute atomic E-state index is 12.8. The van der Waals surface area contributed by atoms with Gasteiger partial charge in [0.1, 0.15) is 11.4 Å². The molecule has 1 aliphatic heterocycles. The molecule has 3 heterocycles. The number of hydrogen-bond acceptors (Lipinski definition) is 5. The molecule has 7 heteroatoms. The lowest BCUT2D eigenvalue weighted by molar-refractivity contribution is 0.0689. The average molecular weight is 377 g/mol. The SMILES string of the molecule is CCOc1cccc(C(=O)N2CCC(n3cc(-c4cccnc4)nn3)CC2)c1. The molecule has 0 spiro atoms. The van der Waals surface area contributed by atoms with Crippen LogP contribution in [0.3, 0.4) is 0 Å². The fraction of sp³-hybridized carbons (Fsp3) is 0.333. The Labute approximate surface area is 164 Å². The summed E-state index contributed by atoms with van der Waals surface area (Å²) in [5.74, 6) is 0.781. The highest BCUT2D eigenvalue weighted by Gasteiger charge is 2.25. The zero-order chi connectivity index (χ0) is 19.3. The predicted molar refractivity (Wildman–Crippen MR) is 105 cm³/mol. The maximum atomic E-state index is 12.8. The van der Waals surface area contributed by atoms with E-state index in [9.17, 15) is 4.79 Å². The molecular formula is C21H23N5O2. The third-order valence-electron chi connectivity index (χ3n) is 4.99. The molecule has 2 aromatic heterocycles. The molecule has 1 fully saturated rings. The smallest absolute Gasteiger partial charge is 0.253 e. The van der Waals surface area contributed by atoms with E-state index in [4.69, 9.17) is 4.74 Å². The molecule has 1 aromatic carbocycles. The van der Waals surface area contributed by atoms with Crippen LogP contribution in [0.5, 0.6) is 5.75 Å². The molecule has 0 radical (unpaired) electrons. The molecule has 144 valence electrons. The van der Waals surface area contributed by atoms with E-state index in [2.05, 4.69) is 15.3 Å². The first-order valence-corrected chi connectivity index (χ1v) is 9.59. The first-order chi connectivity index (χ1) is 13.7. The van der Waals surface area contributed by atoms with E-state index in [1.54, 1.807) is 12.4 Å². The lowest BCUT2D eigenvalue weighted by Gasteiger charge is -2.32. The van der Waals surface area contributed by atoms with Crippen molar-refractivity contribution in [1.29, 1.82) is 0 Å². The molecule has 4 rings (SSSR count). The third kappa shape index (κ3) is 3.88. The van der Waals surface area contributed by atoms with E-state index < -0.39 is 0 Å². The lowest BCUT2D eigenvalue weighted by atomic mass is 10.0. The van der Waals surface area contributed by atoms with E-state index in [-0.39, 0.29) is 11.9 Å². The lowest BCUT2D eigenvalue weighted by Crippen LogP contribution is -2.39. The van der Waals surface area contributed by atoms with Gasteiger partial charge in [0.15, 0.2) is 0 Å². The molecule has 0 aliphatic carbocycles. The predicted octanol–water partition coefficient (Wildman–Crippen LogP) is 3.22. The van der Waals surface area contributed by atoms with Crippen LogP contribution in [0.25, 0.3) is 11.3 Å². The van der Waals surface area contributed by atoms with E-state index in [1.807, 2.05) is 59.1 Å². The van der Waals surface area contributed by atoms with Gasteiger partial charge in [0.05, 0.1) is 18.8 Å². The number of amides is 1. The summed E-state index contributed by atoms with van der Waals surface area (Å²) >= 11 is 0. The number of rotatable bonds is 5. The number of nitrogens with zero attached hydrogens (tertiary/aromatic N) is 5. The zero-order valence-electron chi connectivity index (χ0n) is 15.9. The van der Waals surface area contributed by atoms with Crippen LogP contribution in [0.2, 0.25) is 0 Å². The summed E-state index contributed by atoms with van der Waals surface area (Å²) in [7, 11) is 0. The number of hydrogen-bond donors (Lipinski definition) is 0. The minimum absolute atomic E-state index is 0.0506. The molecular weight excluding hydrogens is 354 g/mol. The average Bonchev–Trinajstić information content (AvgIpc) is 3.25. The van der Waals surface area contributed by atoms with Crippen LogP contribution in [-0.2, 0) is 0 Å². The Hall–Kier alpha value is -3.22. The van der Waals surface area contributed by atoms with Crippen molar-refractivity contribution in [3.05, 3.63) is 60.6 Å². The Kier molecular flexibility index (Phi) is 5.32.